The molecule has 5 nitrogen and oxygen atoms in total. The van der Waals surface area contributed by atoms with Crippen LogP contribution in [0.25, 0.3) is 0 Å². The molecule has 0 aromatic carbocycles. The van der Waals surface area contributed by atoms with Gasteiger partial charge < -0.3 is 10.1 Å². The second-order valence-corrected chi connectivity index (χ2v) is 7.71. The first-order valence-corrected chi connectivity index (χ1v) is 9.03. The number of aromatic nitrogens is 2. The normalized spacial score (nSPS) is 22.2. The molecule has 1 N–H and O–H groups in total. The lowest BCUT2D eigenvalue weighted by molar-refractivity contribution is 0.0946. The van der Waals surface area contributed by atoms with E-state index in [-0.39, 0.29) is 17.4 Å². The number of thiophene rings is 1. The molecule has 1 saturated heterocycles. The van der Waals surface area contributed by atoms with Crippen molar-refractivity contribution in [2.24, 2.45) is 5.41 Å². The number of ether oxygens (including phenoxy) is 1. The molecule has 3 heterocycles. The van der Waals surface area contributed by atoms with E-state index in [1.165, 1.54) is 4.88 Å². The quantitative estimate of drug-likeness (QED) is 0.885. The third-order valence-corrected chi connectivity index (χ3v) is 5.91. The van der Waals surface area contributed by atoms with E-state index in [9.17, 15) is 4.79 Å². The molecule has 1 amide bonds. The van der Waals surface area contributed by atoms with E-state index < -0.39 is 0 Å². The molecule has 2 aromatic heterocycles. The van der Waals surface area contributed by atoms with Gasteiger partial charge in [-0.05, 0) is 43.9 Å². The maximum atomic E-state index is 12.4. The van der Waals surface area contributed by atoms with Gasteiger partial charge in [0.2, 0.25) is 0 Å². The number of amides is 1. The molecule has 1 atom stereocenters. The SMILES string of the molecule is O=C(NCC1(Cn2cccn2)CC1)c1ccc(C2CCCO2)s1. The Bertz CT molecular complexity index is 670. The van der Waals surface area contributed by atoms with Crippen LogP contribution in [0.3, 0.4) is 0 Å². The Labute approximate surface area is 139 Å². The van der Waals surface area contributed by atoms with Gasteiger partial charge in [0.15, 0.2) is 0 Å². The second-order valence-electron chi connectivity index (χ2n) is 6.59. The highest BCUT2D eigenvalue weighted by atomic mass is 32.1. The van der Waals surface area contributed by atoms with Gasteiger partial charge in [-0.15, -0.1) is 11.3 Å². The lowest BCUT2D eigenvalue weighted by atomic mass is 10.1. The largest absolute Gasteiger partial charge is 0.373 e. The van der Waals surface area contributed by atoms with E-state index in [1.54, 1.807) is 17.5 Å². The van der Waals surface area contributed by atoms with E-state index in [1.807, 2.05) is 29.1 Å². The Morgan fingerprint density at radius 1 is 1.48 bits per heavy atom. The van der Waals surface area contributed by atoms with E-state index in [4.69, 9.17) is 4.74 Å². The molecule has 2 aliphatic rings. The highest BCUT2D eigenvalue weighted by Crippen LogP contribution is 2.46. The Hall–Kier alpha value is -1.66. The first-order valence-electron chi connectivity index (χ1n) is 8.21. The van der Waals surface area contributed by atoms with Gasteiger partial charge in [0.1, 0.15) is 0 Å². The predicted molar refractivity (Wildman–Crippen MR) is 88.5 cm³/mol. The van der Waals surface area contributed by atoms with Crippen molar-refractivity contribution >= 4 is 17.2 Å². The van der Waals surface area contributed by atoms with Crippen LogP contribution in [0, 0.1) is 5.41 Å². The van der Waals surface area contributed by atoms with Gasteiger partial charge in [-0.3, -0.25) is 9.48 Å². The van der Waals surface area contributed by atoms with Gasteiger partial charge in [-0.1, -0.05) is 0 Å². The third-order valence-electron chi connectivity index (χ3n) is 4.74. The summed E-state index contributed by atoms with van der Waals surface area (Å²) in [6.45, 7) is 2.44. The molecule has 122 valence electrons. The molecule has 4 rings (SSSR count). The number of carbonyl (C=O) groups is 1. The van der Waals surface area contributed by atoms with Crippen LogP contribution in [0.1, 0.15) is 46.3 Å². The van der Waals surface area contributed by atoms with Crippen LogP contribution in [-0.2, 0) is 11.3 Å². The molecule has 6 heteroatoms. The molecular weight excluding hydrogens is 310 g/mol. The Balaban J connectivity index is 1.33. The van der Waals surface area contributed by atoms with E-state index in [2.05, 4.69) is 10.4 Å². The maximum Gasteiger partial charge on any atom is 0.261 e. The van der Waals surface area contributed by atoms with Crippen LogP contribution < -0.4 is 5.32 Å². The van der Waals surface area contributed by atoms with Gasteiger partial charge in [-0.2, -0.15) is 5.10 Å². The van der Waals surface area contributed by atoms with E-state index in [0.717, 1.165) is 50.3 Å². The standard InChI is InChI=1S/C17H21N3O2S/c21-16(15-5-4-14(23-15)13-3-1-10-22-13)18-11-17(6-7-17)12-20-9-2-8-19-20/h2,4-5,8-9,13H,1,3,6-7,10-12H2,(H,18,21). The molecule has 1 unspecified atom stereocenters. The summed E-state index contributed by atoms with van der Waals surface area (Å²) in [4.78, 5) is 14.3. The zero-order chi connectivity index (χ0) is 15.7. The fourth-order valence-corrected chi connectivity index (χ4v) is 4.12. The van der Waals surface area contributed by atoms with Gasteiger partial charge in [0, 0.05) is 42.4 Å². The monoisotopic (exact) mass is 331 g/mol. The first kappa shape index (κ1) is 14.9. The Morgan fingerprint density at radius 3 is 3.09 bits per heavy atom. The average molecular weight is 331 g/mol. The third kappa shape index (κ3) is 3.33. The van der Waals surface area contributed by atoms with Crippen molar-refractivity contribution in [3.05, 3.63) is 40.3 Å². The van der Waals surface area contributed by atoms with Gasteiger partial charge >= 0.3 is 0 Å². The van der Waals surface area contributed by atoms with Crippen molar-refractivity contribution in [3.63, 3.8) is 0 Å². The predicted octanol–water partition coefficient (Wildman–Crippen LogP) is 3.01. The number of carbonyl (C=O) groups excluding carboxylic acids is 1. The van der Waals surface area contributed by atoms with Crippen LogP contribution >= 0.6 is 11.3 Å². The zero-order valence-electron chi connectivity index (χ0n) is 13.0. The van der Waals surface area contributed by atoms with Gasteiger partial charge in [0.05, 0.1) is 11.0 Å². The maximum absolute atomic E-state index is 12.4. The van der Waals surface area contributed by atoms with Crippen molar-refractivity contribution in [1.82, 2.24) is 15.1 Å². The summed E-state index contributed by atoms with van der Waals surface area (Å²) in [5, 5.41) is 7.37. The van der Waals surface area contributed by atoms with Crippen LogP contribution in [0.15, 0.2) is 30.6 Å². The smallest absolute Gasteiger partial charge is 0.261 e. The van der Waals surface area contributed by atoms with E-state index in [0.29, 0.717) is 0 Å². The van der Waals surface area contributed by atoms with E-state index >= 15 is 0 Å². The van der Waals surface area contributed by atoms with Crippen LogP contribution in [0.5, 0.6) is 0 Å². The number of rotatable bonds is 6. The Kier molecular flexibility index (Phi) is 3.95. The minimum absolute atomic E-state index is 0.0333. The fraction of sp³-hybridized carbons (Fsp3) is 0.529. The molecule has 1 saturated carbocycles. The highest BCUT2D eigenvalue weighted by Gasteiger charge is 2.43. The summed E-state index contributed by atoms with van der Waals surface area (Å²) in [6, 6.07) is 5.89. The van der Waals surface area contributed by atoms with Crippen LogP contribution in [-0.4, -0.2) is 28.8 Å². The summed E-state index contributed by atoms with van der Waals surface area (Å²) in [7, 11) is 0. The minimum atomic E-state index is 0.0333. The lowest BCUT2D eigenvalue weighted by Gasteiger charge is -2.15. The van der Waals surface area contributed by atoms with Gasteiger partial charge in [0.25, 0.3) is 5.91 Å². The molecule has 1 aliphatic heterocycles. The highest BCUT2D eigenvalue weighted by molar-refractivity contribution is 7.14. The molecular formula is C17H21N3O2S. The molecule has 0 radical (unpaired) electrons. The van der Waals surface area contributed by atoms with Crippen molar-refractivity contribution in [2.45, 2.75) is 38.3 Å². The Morgan fingerprint density at radius 2 is 2.39 bits per heavy atom. The summed E-state index contributed by atoms with van der Waals surface area (Å²) in [5.41, 5.74) is 0.191. The fourth-order valence-electron chi connectivity index (χ4n) is 3.11. The summed E-state index contributed by atoms with van der Waals surface area (Å²) >= 11 is 1.56. The summed E-state index contributed by atoms with van der Waals surface area (Å²) < 4.78 is 7.64. The molecule has 2 aromatic rings. The molecule has 0 bridgehead atoms. The molecule has 23 heavy (non-hydrogen) atoms. The summed E-state index contributed by atoms with van der Waals surface area (Å²) in [5.74, 6) is 0.0333. The number of hydrogen-bond acceptors (Lipinski definition) is 4. The van der Waals surface area contributed by atoms with Crippen molar-refractivity contribution in [3.8, 4) is 0 Å². The zero-order valence-corrected chi connectivity index (χ0v) is 13.8. The van der Waals surface area contributed by atoms with Gasteiger partial charge in [-0.25, -0.2) is 0 Å². The lowest BCUT2D eigenvalue weighted by Crippen LogP contribution is -2.32. The van der Waals surface area contributed by atoms with Crippen molar-refractivity contribution in [2.75, 3.05) is 13.2 Å². The van der Waals surface area contributed by atoms with Crippen molar-refractivity contribution in [1.29, 1.82) is 0 Å². The number of nitrogens with one attached hydrogen (secondary N) is 1. The average Bonchev–Trinajstić information content (AvgIpc) is 3.08. The van der Waals surface area contributed by atoms with Crippen molar-refractivity contribution < 1.29 is 9.53 Å². The molecule has 1 aliphatic carbocycles. The minimum Gasteiger partial charge on any atom is -0.373 e. The number of nitrogens with zero attached hydrogens (tertiary/aromatic N) is 2. The number of hydrogen-bond donors (Lipinski definition) is 1. The van der Waals surface area contributed by atoms with Crippen LogP contribution in [0.4, 0.5) is 0 Å². The topological polar surface area (TPSA) is 56.2 Å². The first-order chi connectivity index (χ1) is 11.2. The van der Waals surface area contributed by atoms with Crippen LogP contribution in [0.2, 0.25) is 0 Å². The summed E-state index contributed by atoms with van der Waals surface area (Å²) in [6.07, 6.45) is 8.45. The second kappa shape index (κ2) is 6.09. The molecule has 0 spiro atoms. The molecule has 2 fully saturated rings.